The van der Waals surface area contributed by atoms with Crippen LogP contribution in [0.4, 0.5) is 0 Å². The summed E-state index contributed by atoms with van der Waals surface area (Å²) >= 11 is 0. The molecule has 0 N–H and O–H groups in total. The van der Waals surface area contributed by atoms with Crippen LogP contribution in [0.3, 0.4) is 0 Å². The van der Waals surface area contributed by atoms with Crippen molar-refractivity contribution in [1.82, 2.24) is 0 Å². The summed E-state index contributed by atoms with van der Waals surface area (Å²) in [5.41, 5.74) is 2.34. The van der Waals surface area contributed by atoms with Crippen LogP contribution in [0, 0.1) is 5.92 Å². The fourth-order valence-electron chi connectivity index (χ4n) is 1.59. The van der Waals surface area contributed by atoms with Crippen LogP contribution in [-0.2, 0) is 0 Å². The van der Waals surface area contributed by atoms with Gasteiger partial charge in [-0.15, -0.1) is 0 Å². The molecule has 1 heteroatoms. The molecule has 0 spiro atoms. The number of rotatable bonds is 1. The minimum Gasteiger partial charge on any atom is -0.284 e. The molecule has 0 aliphatic carbocycles. The van der Waals surface area contributed by atoms with E-state index in [4.69, 9.17) is 0 Å². The highest BCUT2D eigenvalue weighted by atomic mass is 14.7. The Morgan fingerprint density at radius 1 is 1.21 bits per heavy atom. The normalized spacial score (nSPS) is 21.5. The van der Waals surface area contributed by atoms with Gasteiger partial charge in [-0.3, -0.25) is 4.99 Å². The average Bonchev–Trinajstić information content (AvgIpc) is 2.44. The molecule has 0 saturated heterocycles. The van der Waals surface area contributed by atoms with Crippen molar-refractivity contribution in [2.24, 2.45) is 10.9 Å². The highest BCUT2D eigenvalue weighted by Gasteiger charge is 2.05. The fraction of sp³-hybridized carbons (Fsp3) is 0.308. The summed E-state index contributed by atoms with van der Waals surface area (Å²) in [5.74, 6) is 0.674. The standard InChI is InChI=1S/C13H15N/c1-11-6-5-9-13(14-10-11)12-7-3-2-4-8-12/h2-5,7-9,11H,6,10H2,1H3/t11-/m0/s1. The second-order valence-corrected chi connectivity index (χ2v) is 3.84. The van der Waals surface area contributed by atoms with Gasteiger partial charge in [0.1, 0.15) is 0 Å². The van der Waals surface area contributed by atoms with Crippen LogP contribution in [0.5, 0.6) is 0 Å². The Morgan fingerprint density at radius 2 is 2.00 bits per heavy atom. The van der Waals surface area contributed by atoms with Crippen molar-refractivity contribution in [3.8, 4) is 0 Å². The molecule has 2 rings (SSSR count). The zero-order valence-electron chi connectivity index (χ0n) is 8.48. The van der Waals surface area contributed by atoms with Crippen molar-refractivity contribution >= 4 is 5.71 Å². The molecular weight excluding hydrogens is 170 g/mol. The van der Waals surface area contributed by atoms with Gasteiger partial charge < -0.3 is 0 Å². The number of allylic oxidation sites excluding steroid dienone is 2. The summed E-state index contributed by atoms with van der Waals surface area (Å²) in [6.45, 7) is 3.18. The van der Waals surface area contributed by atoms with Crippen molar-refractivity contribution in [3.63, 3.8) is 0 Å². The Morgan fingerprint density at radius 3 is 2.79 bits per heavy atom. The largest absolute Gasteiger partial charge is 0.284 e. The summed E-state index contributed by atoms with van der Waals surface area (Å²) < 4.78 is 0. The predicted octanol–water partition coefficient (Wildman–Crippen LogP) is 3.07. The molecule has 1 aromatic rings. The Kier molecular flexibility index (Phi) is 2.78. The number of hydrogen-bond donors (Lipinski definition) is 0. The van der Waals surface area contributed by atoms with Crippen molar-refractivity contribution < 1.29 is 0 Å². The van der Waals surface area contributed by atoms with E-state index in [-0.39, 0.29) is 0 Å². The predicted molar refractivity (Wildman–Crippen MR) is 60.8 cm³/mol. The summed E-state index contributed by atoms with van der Waals surface area (Å²) in [4.78, 5) is 4.60. The number of benzene rings is 1. The first-order valence-corrected chi connectivity index (χ1v) is 5.12. The summed E-state index contributed by atoms with van der Waals surface area (Å²) in [6.07, 6.45) is 5.50. The van der Waals surface area contributed by atoms with Crippen molar-refractivity contribution in [1.29, 1.82) is 0 Å². The van der Waals surface area contributed by atoms with E-state index in [2.05, 4.69) is 48.3 Å². The first kappa shape index (κ1) is 9.20. The van der Waals surface area contributed by atoms with Gasteiger partial charge in [-0.2, -0.15) is 0 Å². The van der Waals surface area contributed by atoms with E-state index in [9.17, 15) is 0 Å². The zero-order valence-corrected chi connectivity index (χ0v) is 8.48. The molecule has 1 aliphatic heterocycles. The molecule has 1 aromatic carbocycles. The maximum absolute atomic E-state index is 4.60. The van der Waals surface area contributed by atoms with Gasteiger partial charge in [0.2, 0.25) is 0 Å². The first-order valence-electron chi connectivity index (χ1n) is 5.12. The van der Waals surface area contributed by atoms with E-state index >= 15 is 0 Å². The quantitative estimate of drug-likeness (QED) is 0.637. The lowest BCUT2D eigenvalue weighted by Crippen LogP contribution is -1.99. The van der Waals surface area contributed by atoms with Crippen molar-refractivity contribution in [2.45, 2.75) is 13.3 Å². The topological polar surface area (TPSA) is 12.4 Å². The molecule has 0 bridgehead atoms. The van der Waals surface area contributed by atoms with E-state index in [1.54, 1.807) is 0 Å². The summed E-state index contributed by atoms with van der Waals surface area (Å²) in [5, 5.41) is 0. The molecule has 0 amide bonds. The first-order chi connectivity index (χ1) is 6.86. The van der Waals surface area contributed by atoms with Crippen LogP contribution in [0.25, 0.3) is 0 Å². The minimum atomic E-state index is 0.674. The number of nitrogens with zero attached hydrogens (tertiary/aromatic N) is 1. The molecule has 0 saturated carbocycles. The third-order valence-electron chi connectivity index (χ3n) is 2.46. The highest BCUT2D eigenvalue weighted by Crippen LogP contribution is 2.11. The fourth-order valence-corrected chi connectivity index (χ4v) is 1.59. The summed E-state index contributed by atoms with van der Waals surface area (Å²) in [6, 6.07) is 10.4. The molecule has 1 atom stereocenters. The lowest BCUT2D eigenvalue weighted by molar-refractivity contribution is 0.612. The van der Waals surface area contributed by atoms with Crippen LogP contribution in [0.15, 0.2) is 47.5 Å². The van der Waals surface area contributed by atoms with E-state index < -0.39 is 0 Å². The van der Waals surface area contributed by atoms with Crippen molar-refractivity contribution in [3.05, 3.63) is 48.0 Å². The highest BCUT2D eigenvalue weighted by molar-refractivity contribution is 6.08. The minimum absolute atomic E-state index is 0.674. The Bertz CT molecular complexity index is 349. The van der Waals surface area contributed by atoms with E-state index in [0.717, 1.165) is 18.7 Å². The van der Waals surface area contributed by atoms with Gasteiger partial charge in [-0.25, -0.2) is 0 Å². The van der Waals surface area contributed by atoms with E-state index in [1.165, 1.54) is 5.56 Å². The molecule has 0 radical (unpaired) electrons. The molecule has 14 heavy (non-hydrogen) atoms. The Balaban J connectivity index is 2.26. The van der Waals surface area contributed by atoms with Crippen LogP contribution in [-0.4, -0.2) is 12.3 Å². The maximum atomic E-state index is 4.60. The Hall–Kier alpha value is -1.37. The maximum Gasteiger partial charge on any atom is 0.0643 e. The molecule has 72 valence electrons. The third kappa shape index (κ3) is 2.11. The monoisotopic (exact) mass is 185 g/mol. The van der Waals surface area contributed by atoms with Gasteiger partial charge in [0, 0.05) is 6.54 Å². The SMILES string of the molecule is C[C@H]1CC=CC(c2ccccc2)=NC1. The lowest BCUT2D eigenvalue weighted by Gasteiger charge is -2.02. The van der Waals surface area contributed by atoms with E-state index in [1.807, 2.05) is 6.07 Å². The van der Waals surface area contributed by atoms with Gasteiger partial charge in [0.25, 0.3) is 0 Å². The summed E-state index contributed by atoms with van der Waals surface area (Å²) in [7, 11) is 0. The molecule has 1 heterocycles. The third-order valence-corrected chi connectivity index (χ3v) is 2.46. The molecular formula is C13H15N. The number of aliphatic imine (C=N–C) groups is 1. The van der Waals surface area contributed by atoms with Gasteiger partial charge in [-0.05, 0) is 24.0 Å². The van der Waals surface area contributed by atoms with Crippen LogP contribution in [0.1, 0.15) is 18.9 Å². The smallest absolute Gasteiger partial charge is 0.0643 e. The lowest BCUT2D eigenvalue weighted by atomic mass is 10.1. The van der Waals surface area contributed by atoms with E-state index in [0.29, 0.717) is 5.92 Å². The zero-order chi connectivity index (χ0) is 9.80. The number of hydrogen-bond acceptors (Lipinski definition) is 1. The van der Waals surface area contributed by atoms with Crippen LogP contribution < -0.4 is 0 Å². The van der Waals surface area contributed by atoms with Gasteiger partial charge in [0.15, 0.2) is 0 Å². The molecule has 1 aliphatic rings. The molecule has 0 unspecified atom stereocenters. The average molecular weight is 185 g/mol. The van der Waals surface area contributed by atoms with Gasteiger partial charge >= 0.3 is 0 Å². The molecule has 1 nitrogen and oxygen atoms in total. The molecule has 0 fully saturated rings. The Labute approximate surface area is 85.2 Å². The van der Waals surface area contributed by atoms with Gasteiger partial charge in [-0.1, -0.05) is 43.3 Å². The second kappa shape index (κ2) is 4.23. The molecule has 0 aromatic heterocycles. The van der Waals surface area contributed by atoms with Gasteiger partial charge in [0.05, 0.1) is 5.71 Å². The second-order valence-electron chi connectivity index (χ2n) is 3.84. The van der Waals surface area contributed by atoms with Crippen LogP contribution >= 0.6 is 0 Å². The van der Waals surface area contributed by atoms with Crippen molar-refractivity contribution in [2.75, 3.05) is 6.54 Å². The van der Waals surface area contributed by atoms with Crippen LogP contribution in [0.2, 0.25) is 0 Å².